The minimum Gasteiger partial charge on any atom is -0.475 e. The van der Waals surface area contributed by atoms with E-state index in [1.54, 1.807) is 4.90 Å². The molecule has 0 spiro atoms. The van der Waals surface area contributed by atoms with Gasteiger partial charge in [-0.25, -0.2) is 9.79 Å². The molecule has 3 heterocycles. The lowest BCUT2D eigenvalue weighted by Gasteiger charge is -2.28. The summed E-state index contributed by atoms with van der Waals surface area (Å²) in [5, 5.41) is 2.96. The van der Waals surface area contributed by atoms with Crippen LogP contribution in [0.3, 0.4) is 0 Å². The van der Waals surface area contributed by atoms with E-state index < -0.39 is 29.7 Å². The average Bonchev–Trinajstić information content (AvgIpc) is 3.43. The highest BCUT2D eigenvalue weighted by molar-refractivity contribution is 5.96. The predicted molar refractivity (Wildman–Crippen MR) is 143 cm³/mol. The van der Waals surface area contributed by atoms with Crippen LogP contribution in [0.2, 0.25) is 0 Å². The van der Waals surface area contributed by atoms with Crippen LogP contribution in [-0.2, 0) is 30.3 Å². The number of carbonyl (C=O) groups excluding carboxylic acids is 3. The van der Waals surface area contributed by atoms with Gasteiger partial charge in [0.2, 0.25) is 11.8 Å². The molecule has 2 fully saturated rings. The number of hydrogen-bond donors (Lipinski definition) is 2. The van der Waals surface area contributed by atoms with Crippen LogP contribution in [0, 0.1) is 11.8 Å². The molecule has 3 N–H and O–H groups in total. The fraction of sp³-hybridized carbons (Fsp3) is 0.586. The van der Waals surface area contributed by atoms with Crippen molar-refractivity contribution < 1.29 is 23.9 Å². The highest BCUT2D eigenvalue weighted by Crippen LogP contribution is 2.46. The van der Waals surface area contributed by atoms with E-state index in [9.17, 15) is 14.4 Å². The van der Waals surface area contributed by atoms with Gasteiger partial charge in [-0.3, -0.25) is 9.59 Å². The fourth-order valence-electron chi connectivity index (χ4n) is 5.96. The predicted octanol–water partition coefficient (Wildman–Crippen LogP) is 2.79. The number of nitrogens with one attached hydrogen (secondary N) is 1. The topological polar surface area (TPSA) is 123 Å². The summed E-state index contributed by atoms with van der Waals surface area (Å²) in [7, 11) is 1.33. The quantitative estimate of drug-likeness (QED) is 0.455. The third kappa shape index (κ3) is 5.21. The number of ether oxygens (including phenoxy) is 2. The molecule has 1 aromatic rings. The summed E-state index contributed by atoms with van der Waals surface area (Å²) in [6.45, 7) is 2.31. The highest BCUT2D eigenvalue weighted by atomic mass is 16.5. The Bertz CT molecular complexity index is 1150. The maximum atomic E-state index is 13.7. The summed E-state index contributed by atoms with van der Waals surface area (Å²) < 4.78 is 11.4. The molecule has 2 amide bonds. The fourth-order valence-corrected chi connectivity index (χ4v) is 5.96. The Morgan fingerprint density at radius 3 is 2.84 bits per heavy atom. The lowest BCUT2D eigenvalue weighted by molar-refractivity contribution is -0.148. The summed E-state index contributed by atoms with van der Waals surface area (Å²) in [4.78, 5) is 46.1. The molecule has 9 heteroatoms. The third-order valence-electron chi connectivity index (χ3n) is 8.29. The molecule has 204 valence electrons. The molecule has 0 bridgehead atoms. The monoisotopic (exact) mass is 522 g/mol. The van der Waals surface area contributed by atoms with Crippen LogP contribution in [0.5, 0.6) is 0 Å². The number of nitrogens with two attached hydrogens (primary N) is 1. The van der Waals surface area contributed by atoms with Crippen molar-refractivity contribution in [2.75, 3.05) is 13.7 Å². The third-order valence-corrected chi connectivity index (χ3v) is 8.29. The molecular weight excluding hydrogens is 484 g/mol. The van der Waals surface area contributed by atoms with Crippen LogP contribution in [0.1, 0.15) is 57.4 Å². The number of hydrogen-bond acceptors (Lipinski definition) is 7. The normalized spacial score (nSPS) is 34.3. The second-order valence-corrected chi connectivity index (χ2v) is 11.1. The SMILES string of the molecule is COC(=O)[C@@]12C[C@H]1/C=C\CCCCC[C@H](N)C(=O)N1C[C@H](OC3=Nc4ccccc4CC3C)C[C@H]1C(=O)N2. The van der Waals surface area contributed by atoms with Crippen molar-refractivity contribution in [3.05, 3.63) is 42.0 Å². The molecule has 1 aromatic carbocycles. The zero-order valence-electron chi connectivity index (χ0n) is 22.2. The number of allylic oxidation sites excluding steroid dienone is 1. The summed E-state index contributed by atoms with van der Waals surface area (Å²) in [6.07, 6.45) is 9.50. The van der Waals surface area contributed by atoms with Gasteiger partial charge in [0.15, 0.2) is 5.90 Å². The number of benzene rings is 1. The van der Waals surface area contributed by atoms with Gasteiger partial charge in [0, 0.05) is 18.3 Å². The smallest absolute Gasteiger partial charge is 0.332 e. The summed E-state index contributed by atoms with van der Waals surface area (Å²) in [5.41, 5.74) is 7.29. The second kappa shape index (κ2) is 10.9. The van der Waals surface area contributed by atoms with Gasteiger partial charge in [-0.2, -0.15) is 0 Å². The molecular formula is C29H38N4O5. The van der Waals surface area contributed by atoms with Crippen molar-refractivity contribution in [2.24, 2.45) is 22.6 Å². The number of nitrogens with zero attached hydrogens (tertiary/aromatic N) is 2. The first-order valence-electron chi connectivity index (χ1n) is 13.8. The van der Waals surface area contributed by atoms with Crippen molar-refractivity contribution in [3.8, 4) is 0 Å². The molecule has 3 aliphatic heterocycles. The molecule has 0 aromatic heterocycles. The lowest BCUT2D eigenvalue weighted by atomic mass is 9.96. The zero-order chi connectivity index (χ0) is 26.9. The molecule has 4 aliphatic rings. The van der Waals surface area contributed by atoms with Crippen LogP contribution in [0.4, 0.5) is 5.69 Å². The number of rotatable bonds is 2. The number of para-hydroxylation sites is 1. The van der Waals surface area contributed by atoms with E-state index in [1.165, 1.54) is 12.7 Å². The van der Waals surface area contributed by atoms with E-state index in [4.69, 9.17) is 20.2 Å². The van der Waals surface area contributed by atoms with Crippen molar-refractivity contribution in [2.45, 2.75) is 82.0 Å². The van der Waals surface area contributed by atoms with E-state index in [-0.39, 0.29) is 30.2 Å². The minimum absolute atomic E-state index is 0.0799. The Kier molecular flexibility index (Phi) is 7.56. The van der Waals surface area contributed by atoms with Crippen LogP contribution >= 0.6 is 0 Å². The van der Waals surface area contributed by atoms with Gasteiger partial charge < -0.3 is 25.4 Å². The largest absolute Gasteiger partial charge is 0.475 e. The Balaban J connectivity index is 1.38. The summed E-state index contributed by atoms with van der Waals surface area (Å²) >= 11 is 0. The van der Waals surface area contributed by atoms with Crippen LogP contribution in [-0.4, -0.2) is 66.0 Å². The van der Waals surface area contributed by atoms with E-state index >= 15 is 0 Å². The molecule has 1 aliphatic carbocycles. The Morgan fingerprint density at radius 1 is 1.21 bits per heavy atom. The number of amides is 2. The zero-order valence-corrected chi connectivity index (χ0v) is 22.2. The van der Waals surface area contributed by atoms with Gasteiger partial charge in [0.25, 0.3) is 0 Å². The molecule has 5 rings (SSSR count). The van der Waals surface area contributed by atoms with E-state index in [1.807, 2.05) is 24.3 Å². The maximum Gasteiger partial charge on any atom is 0.332 e. The highest BCUT2D eigenvalue weighted by Gasteiger charge is 2.62. The number of aliphatic imine (C=N–C) groups is 1. The maximum absolute atomic E-state index is 13.7. The van der Waals surface area contributed by atoms with Crippen molar-refractivity contribution in [1.82, 2.24) is 10.2 Å². The van der Waals surface area contributed by atoms with Gasteiger partial charge in [-0.15, -0.1) is 0 Å². The molecule has 6 atom stereocenters. The molecule has 1 saturated heterocycles. The van der Waals surface area contributed by atoms with E-state index in [0.29, 0.717) is 25.2 Å². The van der Waals surface area contributed by atoms with Gasteiger partial charge in [0.05, 0.1) is 25.4 Å². The van der Waals surface area contributed by atoms with Crippen LogP contribution in [0.25, 0.3) is 0 Å². The van der Waals surface area contributed by atoms with Gasteiger partial charge in [-0.1, -0.05) is 50.1 Å². The second-order valence-electron chi connectivity index (χ2n) is 11.1. The van der Waals surface area contributed by atoms with E-state index in [2.05, 4.69) is 24.4 Å². The summed E-state index contributed by atoms with van der Waals surface area (Å²) in [5.74, 6) is -0.525. The first kappa shape index (κ1) is 26.4. The van der Waals surface area contributed by atoms with Gasteiger partial charge in [-0.05, 0) is 43.7 Å². The number of carbonyl (C=O) groups is 3. The molecule has 0 radical (unpaired) electrons. The van der Waals surface area contributed by atoms with Crippen molar-refractivity contribution >= 4 is 29.4 Å². The first-order chi connectivity index (χ1) is 18.3. The van der Waals surface area contributed by atoms with Crippen molar-refractivity contribution in [3.63, 3.8) is 0 Å². The van der Waals surface area contributed by atoms with Crippen LogP contribution in [0.15, 0.2) is 41.4 Å². The molecule has 9 nitrogen and oxygen atoms in total. The Morgan fingerprint density at radius 2 is 2.03 bits per heavy atom. The molecule has 38 heavy (non-hydrogen) atoms. The Labute approximate surface area is 223 Å². The number of fused-ring (bicyclic) bond motifs is 3. The van der Waals surface area contributed by atoms with Gasteiger partial charge in [0.1, 0.15) is 17.7 Å². The van der Waals surface area contributed by atoms with Crippen molar-refractivity contribution in [1.29, 1.82) is 0 Å². The molecule has 1 unspecified atom stereocenters. The lowest BCUT2D eigenvalue weighted by Crippen LogP contribution is -2.55. The van der Waals surface area contributed by atoms with Gasteiger partial charge >= 0.3 is 5.97 Å². The molecule has 1 saturated carbocycles. The average molecular weight is 523 g/mol. The standard InChI is InChI=1S/C29H38N4O5/c1-18-14-19-10-8-9-13-23(19)31-26(18)38-21-15-24-25(34)32-29(28(36)37-2)16-20(29)11-6-4-3-5-7-12-22(30)27(35)33(24)17-21/h6,8-11,13,18,20-22,24H,3-5,7,12,14-17,30H2,1-2H3,(H,32,34)/b11-6-/t18?,20-,21-,22+,24+,29-/m1/s1. The van der Waals surface area contributed by atoms with E-state index in [0.717, 1.165) is 37.8 Å². The summed E-state index contributed by atoms with van der Waals surface area (Å²) in [6, 6.07) is 6.51. The minimum atomic E-state index is -1.09. The number of esters is 1. The Hall–Kier alpha value is -3.20. The van der Waals surface area contributed by atoms with Crippen LogP contribution < -0.4 is 11.1 Å². The first-order valence-corrected chi connectivity index (χ1v) is 13.8. The number of methoxy groups -OCH3 is 1.